The van der Waals surface area contributed by atoms with Gasteiger partial charge in [0.1, 0.15) is 36.4 Å². The maximum atomic E-state index is 13.7. The molecule has 3 aromatic carbocycles. The van der Waals surface area contributed by atoms with Crippen molar-refractivity contribution in [2.45, 2.75) is 24.6 Å². The van der Waals surface area contributed by atoms with Crippen LogP contribution in [0.3, 0.4) is 0 Å². The van der Waals surface area contributed by atoms with Crippen LogP contribution in [-0.2, 0) is 11.2 Å². The van der Waals surface area contributed by atoms with Crippen molar-refractivity contribution in [3.63, 3.8) is 0 Å². The van der Waals surface area contributed by atoms with Crippen LogP contribution in [-0.4, -0.2) is 56.3 Å². The number of imidazole rings is 1. The van der Waals surface area contributed by atoms with Crippen LogP contribution in [0.2, 0.25) is 5.02 Å². The van der Waals surface area contributed by atoms with Gasteiger partial charge < -0.3 is 25.3 Å². The van der Waals surface area contributed by atoms with Crippen LogP contribution >= 0.6 is 34.2 Å². The molecule has 3 atom stereocenters. The van der Waals surface area contributed by atoms with Crippen LogP contribution in [0.25, 0.3) is 11.3 Å². The SMILES string of the molecule is O=C1N[C@H](c2ccc(OC[C@H](O)CO)cc2)C(=O)N1[C@@H](Cc1ccccc1)c1ncc(-c2ccc(I)cc2Cl)[nH]1. The standard InChI is InChI=1S/C29H26ClIN4O5/c30-23-13-19(31)8-11-22(23)24-14-32-27(33-24)25(12-17-4-2-1-3-5-17)35-28(38)26(34-29(35)39)18-6-9-21(10-7-18)40-16-20(37)15-36/h1-11,13-14,20,25-26,36-37H,12,15-16H2,(H,32,33)(H,34,39)/t20-,25+,26-/m1/s1. The highest BCUT2D eigenvalue weighted by atomic mass is 127. The highest BCUT2D eigenvalue weighted by Gasteiger charge is 2.44. The van der Waals surface area contributed by atoms with E-state index in [1.807, 2.05) is 48.5 Å². The highest BCUT2D eigenvalue weighted by Crippen LogP contribution is 2.34. The first-order valence-electron chi connectivity index (χ1n) is 12.5. The Kier molecular flexibility index (Phi) is 8.69. The average Bonchev–Trinajstić information content (AvgIpc) is 3.55. The number of H-pyrrole nitrogens is 1. The van der Waals surface area contributed by atoms with E-state index >= 15 is 0 Å². The van der Waals surface area contributed by atoms with Crippen molar-refractivity contribution < 1.29 is 24.5 Å². The van der Waals surface area contributed by atoms with E-state index in [0.29, 0.717) is 34.3 Å². The molecule has 4 aromatic rings. The molecule has 1 saturated heterocycles. The van der Waals surface area contributed by atoms with Crippen LogP contribution in [0, 0.1) is 3.57 Å². The predicted octanol–water partition coefficient (Wildman–Crippen LogP) is 4.64. The van der Waals surface area contributed by atoms with E-state index in [1.54, 1.807) is 30.5 Å². The normalized spacial score (nSPS) is 16.6. The Bertz CT molecular complexity index is 1500. The van der Waals surface area contributed by atoms with Gasteiger partial charge in [0.15, 0.2) is 0 Å². The number of halogens is 2. The maximum Gasteiger partial charge on any atom is 0.325 e. The Labute approximate surface area is 249 Å². The summed E-state index contributed by atoms with van der Waals surface area (Å²) in [4.78, 5) is 36.1. The van der Waals surface area contributed by atoms with Crippen LogP contribution in [0.15, 0.2) is 79.0 Å². The number of nitrogens with one attached hydrogen (secondary N) is 2. The molecule has 0 bridgehead atoms. The molecule has 1 aromatic heterocycles. The fourth-order valence-electron chi connectivity index (χ4n) is 4.51. The van der Waals surface area contributed by atoms with Crippen LogP contribution in [0.4, 0.5) is 4.79 Å². The molecule has 0 saturated carbocycles. The Morgan fingerprint density at radius 1 is 1.07 bits per heavy atom. The second-order valence-corrected chi connectivity index (χ2v) is 11.0. The number of ether oxygens (including phenoxy) is 1. The molecule has 40 heavy (non-hydrogen) atoms. The number of benzene rings is 3. The lowest BCUT2D eigenvalue weighted by atomic mass is 10.0. The summed E-state index contributed by atoms with van der Waals surface area (Å²) in [6.07, 6.45) is 1.03. The number of nitrogens with zero attached hydrogens (tertiary/aromatic N) is 2. The molecule has 0 radical (unpaired) electrons. The van der Waals surface area contributed by atoms with Gasteiger partial charge in [-0.2, -0.15) is 0 Å². The number of aromatic nitrogens is 2. The number of hydrogen-bond acceptors (Lipinski definition) is 6. The first-order chi connectivity index (χ1) is 19.3. The van der Waals surface area contributed by atoms with Crippen molar-refractivity contribution in [1.82, 2.24) is 20.2 Å². The predicted molar refractivity (Wildman–Crippen MR) is 158 cm³/mol. The number of aromatic amines is 1. The van der Waals surface area contributed by atoms with Gasteiger partial charge in [0, 0.05) is 15.6 Å². The van der Waals surface area contributed by atoms with Crippen molar-refractivity contribution in [2.75, 3.05) is 13.2 Å². The zero-order valence-electron chi connectivity index (χ0n) is 21.1. The summed E-state index contributed by atoms with van der Waals surface area (Å²) in [6, 6.07) is 19.8. The third-order valence-corrected chi connectivity index (χ3v) is 7.54. The minimum Gasteiger partial charge on any atom is -0.491 e. The van der Waals surface area contributed by atoms with Gasteiger partial charge in [0.05, 0.1) is 23.5 Å². The van der Waals surface area contributed by atoms with E-state index in [2.05, 4.69) is 37.9 Å². The summed E-state index contributed by atoms with van der Waals surface area (Å²) < 4.78 is 6.45. The lowest BCUT2D eigenvalue weighted by molar-refractivity contribution is -0.129. The molecule has 1 aliphatic rings. The maximum absolute atomic E-state index is 13.7. The number of carbonyl (C=O) groups is 2. The van der Waals surface area contributed by atoms with Crippen LogP contribution in [0.1, 0.15) is 29.0 Å². The van der Waals surface area contributed by atoms with E-state index in [1.165, 1.54) is 4.90 Å². The molecule has 4 N–H and O–H groups in total. The smallest absolute Gasteiger partial charge is 0.325 e. The number of aliphatic hydroxyl groups excluding tert-OH is 2. The van der Waals surface area contributed by atoms with E-state index < -0.39 is 36.7 Å². The fraction of sp³-hybridized carbons (Fsp3) is 0.207. The van der Waals surface area contributed by atoms with Crippen molar-refractivity contribution in [3.05, 3.63) is 105 Å². The Morgan fingerprint density at radius 2 is 1.82 bits per heavy atom. The van der Waals surface area contributed by atoms with Gasteiger partial charge in [-0.15, -0.1) is 0 Å². The molecule has 11 heteroatoms. The summed E-state index contributed by atoms with van der Waals surface area (Å²) in [5.41, 5.74) is 2.97. The third kappa shape index (κ3) is 6.15. The van der Waals surface area contributed by atoms with Crippen molar-refractivity contribution in [3.8, 4) is 17.0 Å². The van der Waals surface area contributed by atoms with Crippen LogP contribution in [0.5, 0.6) is 5.75 Å². The Morgan fingerprint density at radius 3 is 2.52 bits per heavy atom. The minimum absolute atomic E-state index is 0.0670. The van der Waals surface area contributed by atoms with Gasteiger partial charge >= 0.3 is 6.03 Å². The molecule has 0 aliphatic carbocycles. The van der Waals surface area contributed by atoms with Gasteiger partial charge in [-0.3, -0.25) is 9.69 Å². The second kappa shape index (κ2) is 12.4. The largest absolute Gasteiger partial charge is 0.491 e. The summed E-state index contributed by atoms with van der Waals surface area (Å²) in [5.74, 6) is 0.522. The number of urea groups is 1. The Hall–Kier alpha value is -3.45. The summed E-state index contributed by atoms with van der Waals surface area (Å²) in [6.45, 7) is -0.474. The molecule has 206 valence electrons. The molecule has 1 aliphatic heterocycles. The summed E-state index contributed by atoms with van der Waals surface area (Å²) in [7, 11) is 0. The molecule has 9 nitrogen and oxygen atoms in total. The average molecular weight is 673 g/mol. The number of amides is 3. The van der Waals surface area contributed by atoms with Gasteiger partial charge in [0.2, 0.25) is 0 Å². The van der Waals surface area contributed by atoms with Gasteiger partial charge in [-0.25, -0.2) is 9.78 Å². The first-order valence-corrected chi connectivity index (χ1v) is 14.0. The lowest BCUT2D eigenvalue weighted by Crippen LogP contribution is -2.36. The summed E-state index contributed by atoms with van der Waals surface area (Å²) >= 11 is 8.67. The van der Waals surface area contributed by atoms with Crippen LogP contribution < -0.4 is 10.1 Å². The number of aliphatic hydroxyl groups is 2. The molecular weight excluding hydrogens is 647 g/mol. The Balaban J connectivity index is 1.42. The second-order valence-electron chi connectivity index (χ2n) is 9.32. The van der Waals surface area contributed by atoms with Crippen molar-refractivity contribution in [2.24, 2.45) is 0 Å². The number of imide groups is 1. The molecule has 0 spiro atoms. The zero-order valence-corrected chi connectivity index (χ0v) is 24.0. The number of carbonyl (C=O) groups excluding carboxylic acids is 2. The number of rotatable bonds is 10. The molecular formula is C29H26ClIN4O5. The van der Waals surface area contributed by atoms with E-state index in [0.717, 1.165) is 14.7 Å². The topological polar surface area (TPSA) is 128 Å². The summed E-state index contributed by atoms with van der Waals surface area (Å²) in [5, 5.41) is 21.8. The van der Waals surface area contributed by atoms with Gasteiger partial charge in [-0.05, 0) is 58.0 Å². The van der Waals surface area contributed by atoms with Gasteiger partial charge in [0.25, 0.3) is 5.91 Å². The molecule has 2 heterocycles. The monoisotopic (exact) mass is 672 g/mol. The third-order valence-electron chi connectivity index (χ3n) is 6.55. The zero-order chi connectivity index (χ0) is 28.2. The highest BCUT2D eigenvalue weighted by molar-refractivity contribution is 14.1. The molecule has 1 fully saturated rings. The molecule has 5 rings (SSSR count). The fourth-order valence-corrected chi connectivity index (χ4v) is 5.47. The van der Waals surface area contributed by atoms with E-state index in [9.17, 15) is 14.7 Å². The first kappa shape index (κ1) is 28.1. The number of hydrogen-bond donors (Lipinski definition) is 4. The van der Waals surface area contributed by atoms with Crippen molar-refractivity contribution in [1.29, 1.82) is 0 Å². The molecule has 0 unspecified atom stereocenters. The van der Waals surface area contributed by atoms with E-state index in [-0.39, 0.29) is 6.61 Å². The van der Waals surface area contributed by atoms with Gasteiger partial charge in [-0.1, -0.05) is 60.1 Å². The minimum atomic E-state index is -0.991. The molecule has 3 amide bonds. The van der Waals surface area contributed by atoms with Crippen molar-refractivity contribution >= 4 is 46.1 Å². The van der Waals surface area contributed by atoms with E-state index in [4.69, 9.17) is 21.4 Å². The lowest BCUT2D eigenvalue weighted by Gasteiger charge is -2.24. The quantitative estimate of drug-likeness (QED) is 0.144.